The van der Waals surface area contributed by atoms with E-state index in [0.717, 1.165) is 38.2 Å². The number of hydrogen-bond acceptors (Lipinski definition) is 7. The topological polar surface area (TPSA) is 77.8 Å². The molecule has 0 spiro atoms. The maximum absolute atomic E-state index is 12.5. The molecule has 3 aromatic heterocycles. The molecule has 4 aromatic rings. The van der Waals surface area contributed by atoms with Gasteiger partial charge in [-0.2, -0.15) is 0 Å². The minimum Gasteiger partial charge on any atom is -0.497 e. The van der Waals surface area contributed by atoms with Crippen LogP contribution in [0.2, 0.25) is 0 Å². The van der Waals surface area contributed by atoms with Crippen LogP contribution in [0.5, 0.6) is 11.5 Å². The Morgan fingerprint density at radius 2 is 2.03 bits per heavy atom. The quantitative estimate of drug-likeness (QED) is 0.494. The standard InChI is InChI=1S/C20H20N4O3S2/c1-11-12(2)29-19(21-11)23-18(25)7-13-10-28-20-22-16(9-24(13)20)15-8-14(26-3)5-6-17(15)27-4/h5-6,8-10H,7H2,1-4H3,(H,21,23,25). The smallest absolute Gasteiger partial charge is 0.232 e. The molecule has 0 fully saturated rings. The highest BCUT2D eigenvalue weighted by Gasteiger charge is 2.16. The van der Waals surface area contributed by atoms with Gasteiger partial charge in [0, 0.05) is 27.7 Å². The van der Waals surface area contributed by atoms with Crippen molar-refractivity contribution in [1.82, 2.24) is 14.4 Å². The van der Waals surface area contributed by atoms with Crippen LogP contribution >= 0.6 is 22.7 Å². The summed E-state index contributed by atoms with van der Waals surface area (Å²) >= 11 is 2.98. The third-order valence-electron chi connectivity index (χ3n) is 4.58. The van der Waals surface area contributed by atoms with E-state index in [4.69, 9.17) is 14.5 Å². The van der Waals surface area contributed by atoms with Gasteiger partial charge in [0.05, 0.1) is 32.0 Å². The summed E-state index contributed by atoms with van der Waals surface area (Å²) in [5.41, 5.74) is 3.41. The SMILES string of the molecule is COc1ccc(OC)c(-c2cn3c(CC(=O)Nc4nc(C)c(C)s4)csc3n2)c1. The van der Waals surface area contributed by atoms with E-state index in [0.29, 0.717) is 10.9 Å². The number of ether oxygens (including phenoxy) is 2. The molecule has 0 radical (unpaired) electrons. The van der Waals surface area contributed by atoms with Crippen LogP contribution in [0.1, 0.15) is 16.3 Å². The van der Waals surface area contributed by atoms with E-state index in [1.54, 1.807) is 14.2 Å². The molecule has 150 valence electrons. The molecular formula is C20H20N4O3S2. The highest BCUT2D eigenvalue weighted by Crippen LogP contribution is 2.34. The number of amides is 1. The lowest BCUT2D eigenvalue weighted by atomic mass is 10.1. The first-order valence-corrected chi connectivity index (χ1v) is 10.6. The van der Waals surface area contributed by atoms with Crippen molar-refractivity contribution in [2.45, 2.75) is 20.3 Å². The van der Waals surface area contributed by atoms with Gasteiger partial charge in [0.1, 0.15) is 11.5 Å². The zero-order chi connectivity index (χ0) is 20.5. The molecule has 7 nitrogen and oxygen atoms in total. The van der Waals surface area contributed by atoms with E-state index in [-0.39, 0.29) is 12.3 Å². The summed E-state index contributed by atoms with van der Waals surface area (Å²) in [4.78, 5) is 23.5. The monoisotopic (exact) mass is 428 g/mol. The Bertz CT molecular complexity index is 1170. The van der Waals surface area contributed by atoms with Crippen LogP contribution in [-0.2, 0) is 11.2 Å². The highest BCUT2D eigenvalue weighted by molar-refractivity contribution is 7.16. The molecule has 0 atom stereocenters. The van der Waals surface area contributed by atoms with E-state index in [1.165, 1.54) is 22.7 Å². The number of methoxy groups -OCH3 is 2. The first kappa shape index (κ1) is 19.4. The first-order valence-electron chi connectivity index (χ1n) is 8.90. The highest BCUT2D eigenvalue weighted by atomic mass is 32.1. The molecule has 0 aliphatic heterocycles. The number of anilines is 1. The summed E-state index contributed by atoms with van der Waals surface area (Å²) in [6, 6.07) is 5.59. The maximum Gasteiger partial charge on any atom is 0.232 e. The van der Waals surface area contributed by atoms with Crippen molar-refractivity contribution in [3.8, 4) is 22.8 Å². The average molecular weight is 429 g/mol. The van der Waals surface area contributed by atoms with Gasteiger partial charge in [-0.25, -0.2) is 9.97 Å². The number of aromatic nitrogens is 3. The van der Waals surface area contributed by atoms with Crippen LogP contribution in [0.4, 0.5) is 5.13 Å². The van der Waals surface area contributed by atoms with Gasteiger partial charge in [0.2, 0.25) is 5.91 Å². The average Bonchev–Trinajstić information content (AvgIpc) is 3.37. The Balaban J connectivity index is 1.60. The van der Waals surface area contributed by atoms with Gasteiger partial charge in [-0.3, -0.25) is 9.20 Å². The summed E-state index contributed by atoms with van der Waals surface area (Å²) in [5.74, 6) is 1.34. The Labute approximate surface area is 176 Å². The van der Waals surface area contributed by atoms with Crippen molar-refractivity contribution in [2.75, 3.05) is 19.5 Å². The van der Waals surface area contributed by atoms with Gasteiger partial charge in [-0.15, -0.1) is 22.7 Å². The second-order valence-corrected chi connectivity index (χ2v) is 8.50. The third kappa shape index (κ3) is 3.83. The number of carbonyl (C=O) groups is 1. The van der Waals surface area contributed by atoms with Crippen molar-refractivity contribution in [3.05, 3.63) is 46.0 Å². The van der Waals surface area contributed by atoms with Crippen LogP contribution in [0.3, 0.4) is 0 Å². The second-order valence-electron chi connectivity index (χ2n) is 6.46. The predicted molar refractivity (Wildman–Crippen MR) is 116 cm³/mol. The van der Waals surface area contributed by atoms with E-state index >= 15 is 0 Å². The number of aryl methyl sites for hydroxylation is 2. The minimum atomic E-state index is -0.104. The van der Waals surface area contributed by atoms with Crippen LogP contribution in [0.25, 0.3) is 16.2 Å². The molecule has 0 aliphatic rings. The zero-order valence-corrected chi connectivity index (χ0v) is 18.1. The number of carbonyl (C=O) groups excluding carboxylic acids is 1. The number of hydrogen-bond donors (Lipinski definition) is 1. The molecule has 0 bridgehead atoms. The molecule has 0 unspecified atom stereocenters. The predicted octanol–water partition coefficient (Wildman–Crippen LogP) is 4.33. The van der Waals surface area contributed by atoms with Crippen LogP contribution in [-0.4, -0.2) is 34.5 Å². The van der Waals surface area contributed by atoms with E-state index in [1.807, 2.05) is 48.0 Å². The van der Waals surface area contributed by atoms with Crippen molar-refractivity contribution in [3.63, 3.8) is 0 Å². The fourth-order valence-corrected chi connectivity index (χ4v) is 4.66. The van der Waals surface area contributed by atoms with Gasteiger partial charge in [-0.05, 0) is 32.0 Å². The van der Waals surface area contributed by atoms with Gasteiger partial charge in [0.25, 0.3) is 0 Å². The summed E-state index contributed by atoms with van der Waals surface area (Å²) in [6.07, 6.45) is 2.16. The number of benzene rings is 1. The number of thiazole rings is 2. The van der Waals surface area contributed by atoms with E-state index in [9.17, 15) is 4.79 Å². The first-order chi connectivity index (χ1) is 14.0. The number of nitrogens with one attached hydrogen (secondary N) is 1. The Kier molecular flexibility index (Phi) is 5.25. The van der Waals surface area contributed by atoms with Crippen molar-refractivity contribution in [2.24, 2.45) is 0 Å². The fraction of sp³-hybridized carbons (Fsp3) is 0.250. The van der Waals surface area contributed by atoms with Crippen LogP contribution in [0.15, 0.2) is 29.8 Å². The molecule has 1 amide bonds. The van der Waals surface area contributed by atoms with Gasteiger partial charge in [-0.1, -0.05) is 0 Å². The largest absolute Gasteiger partial charge is 0.497 e. The molecule has 0 saturated carbocycles. The molecule has 3 heterocycles. The van der Waals surface area contributed by atoms with Crippen molar-refractivity contribution >= 4 is 38.7 Å². The molecule has 29 heavy (non-hydrogen) atoms. The van der Waals surface area contributed by atoms with Crippen molar-refractivity contribution in [1.29, 1.82) is 0 Å². The van der Waals surface area contributed by atoms with E-state index in [2.05, 4.69) is 10.3 Å². The third-order valence-corrected chi connectivity index (χ3v) is 6.46. The summed E-state index contributed by atoms with van der Waals surface area (Å²) in [7, 11) is 3.25. The second kappa shape index (κ2) is 7.84. The zero-order valence-electron chi connectivity index (χ0n) is 16.5. The number of imidazole rings is 1. The van der Waals surface area contributed by atoms with E-state index < -0.39 is 0 Å². The number of rotatable bonds is 6. The van der Waals surface area contributed by atoms with Gasteiger partial charge < -0.3 is 14.8 Å². The fourth-order valence-electron chi connectivity index (χ4n) is 2.95. The molecular weight excluding hydrogens is 408 g/mol. The lowest BCUT2D eigenvalue weighted by molar-refractivity contribution is -0.115. The van der Waals surface area contributed by atoms with Gasteiger partial charge >= 0.3 is 0 Å². The Hall–Kier alpha value is -2.91. The normalized spacial score (nSPS) is 11.0. The number of nitrogens with zero attached hydrogens (tertiary/aromatic N) is 3. The molecule has 0 saturated heterocycles. The molecule has 1 aromatic carbocycles. The molecule has 0 aliphatic carbocycles. The Morgan fingerprint density at radius 3 is 2.72 bits per heavy atom. The molecule has 1 N–H and O–H groups in total. The maximum atomic E-state index is 12.5. The summed E-state index contributed by atoms with van der Waals surface area (Å²) in [5, 5.41) is 5.46. The van der Waals surface area contributed by atoms with Crippen molar-refractivity contribution < 1.29 is 14.3 Å². The minimum absolute atomic E-state index is 0.104. The molecule has 4 rings (SSSR count). The lowest BCUT2D eigenvalue weighted by Gasteiger charge is -2.08. The number of fused-ring (bicyclic) bond motifs is 1. The molecule has 9 heteroatoms. The van der Waals surface area contributed by atoms with Crippen LogP contribution < -0.4 is 14.8 Å². The summed E-state index contributed by atoms with van der Waals surface area (Å²) < 4.78 is 12.7. The van der Waals surface area contributed by atoms with Gasteiger partial charge in [0.15, 0.2) is 10.1 Å². The van der Waals surface area contributed by atoms with Crippen LogP contribution in [0, 0.1) is 13.8 Å². The Morgan fingerprint density at radius 1 is 1.21 bits per heavy atom. The lowest BCUT2D eigenvalue weighted by Crippen LogP contribution is -2.15. The summed E-state index contributed by atoms with van der Waals surface area (Å²) in [6.45, 7) is 3.93.